The summed E-state index contributed by atoms with van der Waals surface area (Å²) in [5.41, 5.74) is 4.08. The highest BCUT2D eigenvalue weighted by Gasteiger charge is 2.21. The number of benzene rings is 1. The molecular formula is C16H17FN4O4. The van der Waals surface area contributed by atoms with Crippen molar-refractivity contribution >= 4 is 17.3 Å². The van der Waals surface area contributed by atoms with Crippen molar-refractivity contribution in [2.24, 2.45) is 0 Å². The normalized spacial score (nSPS) is 10.5. The lowest BCUT2D eigenvalue weighted by atomic mass is 10.2. The number of nitro groups is 1. The van der Waals surface area contributed by atoms with Gasteiger partial charge in [0.15, 0.2) is 0 Å². The number of pyridine rings is 1. The SMILES string of the molecule is CCN(Cc1cccc(F)c1)C(=O)Cn1ccc(N)c([N+](=O)[O-])c1=O. The van der Waals surface area contributed by atoms with E-state index in [9.17, 15) is 24.1 Å². The molecule has 25 heavy (non-hydrogen) atoms. The number of nitrogen functional groups attached to an aromatic ring is 1. The zero-order valence-corrected chi connectivity index (χ0v) is 13.5. The molecule has 0 fully saturated rings. The number of anilines is 1. The van der Waals surface area contributed by atoms with Crippen LogP contribution >= 0.6 is 0 Å². The van der Waals surface area contributed by atoms with Crippen molar-refractivity contribution in [1.29, 1.82) is 0 Å². The summed E-state index contributed by atoms with van der Waals surface area (Å²) in [6, 6.07) is 7.04. The second-order valence-electron chi connectivity index (χ2n) is 5.35. The standard InChI is InChI=1S/C16H17FN4O4/c1-2-19(9-11-4-3-5-12(17)8-11)14(22)10-20-7-6-13(18)15(16(20)23)21(24)25/h3-8H,2,9-10,18H2,1H3. The first-order chi connectivity index (χ1) is 11.8. The number of nitrogens with two attached hydrogens (primary N) is 1. The molecule has 0 aliphatic heterocycles. The zero-order chi connectivity index (χ0) is 18.6. The van der Waals surface area contributed by atoms with Gasteiger partial charge in [0.2, 0.25) is 5.91 Å². The fourth-order valence-electron chi connectivity index (χ4n) is 2.36. The highest BCUT2D eigenvalue weighted by atomic mass is 19.1. The van der Waals surface area contributed by atoms with Crippen LogP contribution in [0.4, 0.5) is 15.8 Å². The molecule has 0 radical (unpaired) electrons. The molecule has 2 rings (SSSR count). The van der Waals surface area contributed by atoms with E-state index < -0.39 is 27.9 Å². The Bertz CT molecular complexity index is 865. The summed E-state index contributed by atoms with van der Waals surface area (Å²) >= 11 is 0. The summed E-state index contributed by atoms with van der Waals surface area (Å²) in [6.07, 6.45) is 1.23. The number of carbonyl (C=O) groups is 1. The maximum Gasteiger partial charge on any atom is 0.356 e. The van der Waals surface area contributed by atoms with E-state index >= 15 is 0 Å². The molecule has 0 aliphatic carbocycles. The average Bonchev–Trinajstić information content (AvgIpc) is 2.55. The first-order valence-electron chi connectivity index (χ1n) is 7.49. The molecule has 2 aromatic rings. The fraction of sp³-hybridized carbons (Fsp3) is 0.250. The Morgan fingerprint density at radius 2 is 2.12 bits per heavy atom. The van der Waals surface area contributed by atoms with E-state index in [-0.39, 0.29) is 18.8 Å². The van der Waals surface area contributed by atoms with Crippen molar-refractivity contribution in [2.75, 3.05) is 12.3 Å². The minimum absolute atomic E-state index is 0.166. The van der Waals surface area contributed by atoms with Crippen LogP contribution in [0.15, 0.2) is 41.3 Å². The van der Waals surface area contributed by atoms with Gasteiger partial charge in [-0.3, -0.25) is 19.7 Å². The summed E-state index contributed by atoms with van der Waals surface area (Å²) in [5, 5.41) is 10.9. The molecule has 0 spiro atoms. The first kappa shape index (κ1) is 18.1. The maximum atomic E-state index is 13.3. The van der Waals surface area contributed by atoms with Crippen molar-refractivity contribution < 1.29 is 14.1 Å². The van der Waals surface area contributed by atoms with E-state index in [1.54, 1.807) is 13.0 Å². The van der Waals surface area contributed by atoms with Crippen LogP contribution in [0.1, 0.15) is 12.5 Å². The van der Waals surface area contributed by atoms with E-state index in [4.69, 9.17) is 5.73 Å². The molecule has 9 heteroatoms. The van der Waals surface area contributed by atoms with Crippen LogP contribution in [0, 0.1) is 15.9 Å². The van der Waals surface area contributed by atoms with Crippen LogP contribution in [0.25, 0.3) is 0 Å². The van der Waals surface area contributed by atoms with Gasteiger partial charge in [0.1, 0.15) is 18.0 Å². The number of nitrogens with zero attached hydrogens (tertiary/aromatic N) is 3. The highest BCUT2D eigenvalue weighted by Crippen LogP contribution is 2.14. The molecule has 1 aromatic heterocycles. The molecule has 1 aromatic carbocycles. The first-order valence-corrected chi connectivity index (χ1v) is 7.49. The average molecular weight is 348 g/mol. The van der Waals surface area contributed by atoms with Crippen LogP contribution in [-0.4, -0.2) is 26.8 Å². The van der Waals surface area contributed by atoms with Gasteiger partial charge < -0.3 is 15.2 Å². The Kier molecular flexibility index (Phi) is 5.48. The Balaban J connectivity index is 2.21. The van der Waals surface area contributed by atoms with Crippen molar-refractivity contribution in [1.82, 2.24) is 9.47 Å². The minimum Gasteiger partial charge on any atom is -0.393 e. The second-order valence-corrected chi connectivity index (χ2v) is 5.35. The predicted octanol–water partition coefficient (Wildman–Crippen LogP) is 1.53. The third-order valence-corrected chi connectivity index (χ3v) is 3.66. The van der Waals surface area contributed by atoms with Crippen LogP contribution in [0.2, 0.25) is 0 Å². The molecular weight excluding hydrogens is 331 g/mol. The molecule has 1 amide bonds. The Morgan fingerprint density at radius 1 is 1.40 bits per heavy atom. The van der Waals surface area contributed by atoms with E-state index in [2.05, 4.69) is 0 Å². The van der Waals surface area contributed by atoms with Gasteiger partial charge in [0.25, 0.3) is 0 Å². The van der Waals surface area contributed by atoms with E-state index in [1.165, 1.54) is 35.4 Å². The van der Waals surface area contributed by atoms with Crippen LogP contribution in [0.3, 0.4) is 0 Å². The van der Waals surface area contributed by atoms with Crippen LogP contribution in [0.5, 0.6) is 0 Å². The van der Waals surface area contributed by atoms with Gasteiger partial charge in [-0.1, -0.05) is 12.1 Å². The predicted molar refractivity (Wildman–Crippen MR) is 89.3 cm³/mol. The summed E-state index contributed by atoms with van der Waals surface area (Å²) in [7, 11) is 0. The van der Waals surface area contributed by atoms with Crippen molar-refractivity contribution in [3.8, 4) is 0 Å². The molecule has 0 saturated heterocycles. The zero-order valence-electron chi connectivity index (χ0n) is 13.5. The second kappa shape index (κ2) is 7.56. The lowest BCUT2D eigenvalue weighted by molar-refractivity contribution is -0.385. The smallest absolute Gasteiger partial charge is 0.356 e. The molecule has 2 N–H and O–H groups in total. The summed E-state index contributed by atoms with van der Waals surface area (Å²) in [6.45, 7) is 1.87. The van der Waals surface area contributed by atoms with Gasteiger partial charge in [-0.25, -0.2) is 4.39 Å². The number of likely N-dealkylation sites (N-methyl/N-ethyl adjacent to an activating group) is 1. The van der Waals surface area contributed by atoms with Crippen LogP contribution < -0.4 is 11.3 Å². The number of halogens is 1. The summed E-state index contributed by atoms with van der Waals surface area (Å²) in [5.74, 6) is -0.834. The lowest BCUT2D eigenvalue weighted by Gasteiger charge is -2.21. The number of hydrogen-bond acceptors (Lipinski definition) is 5. The number of rotatable bonds is 6. The Hall–Kier alpha value is -3.23. The lowest BCUT2D eigenvalue weighted by Crippen LogP contribution is -2.36. The topological polar surface area (TPSA) is 111 Å². The van der Waals surface area contributed by atoms with E-state index in [0.717, 1.165) is 4.57 Å². The van der Waals surface area contributed by atoms with E-state index in [0.29, 0.717) is 12.1 Å². The monoisotopic (exact) mass is 348 g/mol. The quantitative estimate of drug-likeness (QED) is 0.628. The Morgan fingerprint density at radius 3 is 2.72 bits per heavy atom. The number of aromatic nitrogens is 1. The van der Waals surface area contributed by atoms with Crippen molar-refractivity contribution in [2.45, 2.75) is 20.0 Å². The van der Waals surface area contributed by atoms with Gasteiger partial charge in [0, 0.05) is 19.3 Å². The van der Waals surface area contributed by atoms with Gasteiger partial charge >= 0.3 is 11.2 Å². The number of carbonyl (C=O) groups excluding carboxylic acids is 1. The third-order valence-electron chi connectivity index (χ3n) is 3.66. The maximum absolute atomic E-state index is 13.3. The van der Waals surface area contributed by atoms with Gasteiger partial charge in [-0.15, -0.1) is 0 Å². The third kappa shape index (κ3) is 4.19. The van der Waals surface area contributed by atoms with Gasteiger partial charge in [-0.2, -0.15) is 0 Å². The van der Waals surface area contributed by atoms with Crippen molar-refractivity contribution in [3.05, 3.63) is 68.4 Å². The van der Waals surface area contributed by atoms with Crippen LogP contribution in [-0.2, 0) is 17.9 Å². The Labute approximate surface area is 142 Å². The highest BCUT2D eigenvalue weighted by molar-refractivity contribution is 5.76. The molecule has 1 heterocycles. The van der Waals surface area contributed by atoms with Gasteiger partial charge in [-0.05, 0) is 30.7 Å². The summed E-state index contributed by atoms with van der Waals surface area (Å²) in [4.78, 5) is 36.0. The molecule has 132 valence electrons. The fourth-order valence-corrected chi connectivity index (χ4v) is 2.36. The van der Waals surface area contributed by atoms with Gasteiger partial charge in [0.05, 0.1) is 4.92 Å². The summed E-state index contributed by atoms with van der Waals surface area (Å²) < 4.78 is 14.2. The largest absolute Gasteiger partial charge is 0.393 e. The van der Waals surface area contributed by atoms with E-state index in [1.807, 2.05) is 0 Å². The minimum atomic E-state index is -0.944. The molecule has 0 bridgehead atoms. The van der Waals surface area contributed by atoms with Crippen molar-refractivity contribution in [3.63, 3.8) is 0 Å². The number of hydrogen-bond donors (Lipinski definition) is 1. The molecule has 0 aliphatic rings. The molecule has 8 nitrogen and oxygen atoms in total. The molecule has 0 saturated carbocycles. The molecule has 0 atom stereocenters. The molecule has 0 unspecified atom stereocenters. The number of amides is 1.